The van der Waals surface area contributed by atoms with Gasteiger partial charge < -0.3 is 0 Å². The van der Waals surface area contributed by atoms with Crippen molar-refractivity contribution < 1.29 is 0 Å². The minimum absolute atomic E-state index is 0.0711. The Morgan fingerprint density at radius 2 is 1.07 bits per heavy atom. The van der Waals surface area contributed by atoms with Crippen molar-refractivity contribution in [2.75, 3.05) is 0 Å². The van der Waals surface area contributed by atoms with Crippen LogP contribution in [0.25, 0.3) is 0 Å². The lowest BCUT2D eigenvalue weighted by molar-refractivity contribution is 0.590. The van der Waals surface area contributed by atoms with Crippen molar-refractivity contribution in [3.8, 4) is 0 Å². The average molecular weight is 385 g/mol. The molecule has 1 aliphatic rings. The zero-order valence-corrected chi connectivity index (χ0v) is 18.1. The molecule has 29 heavy (non-hydrogen) atoms. The van der Waals surface area contributed by atoms with Gasteiger partial charge in [-0.3, -0.25) is 0 Å². The Labute approximate surface area is 172 Å². The van der Waals surface area contributed by atoms with E-state index in [2.05, 4.69) is 106 Å². The summed E-state index contributed by atoms with van der Waals surface area (Å²) >= 11 is 0. The molecule has 4 heteroatoms. The highest BCUT2D eigenvalue weighted by atomic mass is 15.3. The number of hydrogen-bond donors (Lipinski definition) is 0. The summed E-state index contributed by atoms with van der Waals surface area (Å²) in [5.41, 5.74) is 4.76. The quantitative estimate of drug-likeness (QED) is 0.401. The minimum atomic E-state index is 0.0711. The lowest BCUT2D eigenvalue weighted by Gasteiger charge is -2.18. The molecule has 3 aromatic rings. The predicted octanol–water partition coefficient (Wildman–Crippen LogP) is 5.93. The molecule has 0 fully saturated rings. The molecule has 1 aromatic heterocycles. The van der Waals surface area contributed by atoms with Gasteiger partial charge in [0.1, 0.15) is 0 Å². The highest BCUT2D eigenvalue weighted by molar-refractivity contribution is 5.80. The molecule has 4 nitrogen and oxygen atoms in total. The second-order valence-electron chi connectivity index (χ2n) is 9.58. The van der Waals surface area contributed by atoms with E-state index in [0.717, 1.165) is 23.0 Å². The van der Waals surface area contributed by atoms with E-state index in [1.165, 1.54) is 11.1 Å². The SMILES string of the molecule is CC(C)(C)c1cccc([N+]2=C=[N+](c3cccc(C(C)(C)C)c3)c3nccnc32)c1. The number of benzene rings is 2. The van der Waals surface area contributed by atoms with Crippen molar-refractivity contribution in [2.24, 2.45) is 0 Å². The van der Waals surface area contributed by atoms with E-state index in [1.54, 1.807) is 12.4 Å². The van der Waals surface area contributed by atoms with Crippen molar-refractivity contribution in [2.45, 2.75) is 52.4 Å². The maximum Gasteiger partial charge on any atom is 0.480 e. The molecular formula is C25H28N4+2. The Morgan fingerprint density at radius 3 is 1.45 bits per heavy atom. The smallest absolute Gasteiger partial charge is 0.196 e. The fourth-order valence-corrected chi connectivity index (χ4v) is 3.42. The molecule has 4 rings (SSSR count). The zero-order chi connectivity index (χ0) is 20.8. The second-order valence-corrected chi connectivity index (χ2v) is 9.58. The highest BCUT2D eigenvalue weighted by Crippen LogP contribution is 2.34. The van der Waals surface area contributed by atoms with Crippen LogP contribution in [0.15, 0.2) is 60.9 Å². The van der Waals surface area contributed by atoms with Gasteiger partial charge >= 0.3 is 17.6 Å². The van der Waals surface area contributed by atoms with Gasteiger partial charge in [-0.05, 0) is 46.2 Å². The van der Waals surface area contributed by atoms with Crippen molar-refractivity contribution in [3.05, 3.63) is 72.1 Å². The van der Waals surface area contributed by atoms with Gasteiger partial charge in [-0.15, -0.1) is 0 Å². The highest BCUT2D eigenvalue weighted by Gasteiger charge is 2.38. The van der Waals surface area contributed by atoms with E-state index < -0.39 is 0 Å². The van der Waals surface area contributed by atoms with E-state index in [9.17, 15) is 0 Å². The van der Waals surface area contributed by atoms with Gasteiger partial charge in [0, 0.05) is 4.98 Å². The molecule has 0 N–H and O–H groups in total. The van der Waals surface area contributed by atoms with Crippen LogP contribution >= 0.6 is 0 Å². The maximum atomic E-state index is 4.62. The molecule has 0 unspecified atom stereocenters. The third-order valence-electron chi connectivity index (χ3n) is 5.22. The van der Waals surface area contributed by atoms with Crippen molar-refractivity contribution in [3.63, 3.8) is 0 Å². The summed E-state index contributed by atoms with van der Waals surface area (Å²) in [5.74, 6) is 1.58. The first-order valence-corrected chi connectivity index (χ1v) is 10.0. The summed E-state index contributed by atoms with van der Waals surface area (Å²) < 4.78 is 4.00. The molecular weight excluding hydrogens is 356 g/mol. The molecule has 2 aromatic carbocycles. The topological polar surface area (TPSA) is 31.8 Å². The monoisotopic (exact) mass is 384 g/mol. The van der Waals surface area contributed by atoms with Crippen LogP contribution in [0.4, 0.5) is 23.0 Å². The Balaban J connectivity index is 1.92. The Bertz CT molecular complexity index is 1070. The van der Waals surface area contributed by atoms with Gasteiger partial charge in [0.15, 0.2) is 17.6 Å². The van der Waals surface area contributed by atoms with E-state index in [-0.39, 0.29) is 10.8 Å². The van der Waals surface area contributed by atoms with Crippen molar-refractivity contribution in [1.82, 2.24) is 19.1 Å². The molecule has 0 aliphatic carbocycles. The number of aromatic nitrogens is 2. The Morgan fingerprint density at radius 1 is 0.655 bits per heavy atom. The first-order valence-electron chi connectivity index (χ1n) is 10.0. The molecule has 0 spiro atoms. The summed E-state index contributed by atoms with van der Waals surface area (Å²) in [6.45, 7) is 13.3. The third-order valence-corrected chi connectivity index (χ3v) is 5.22. The molecule has 0 amide bonds. The van der Waals surface area contributed by atoms with Crippen molar-refractivity contribution in [1.29, 1.82) is 0 Å². The largest absolute Gasteiger partial charge is 0.480 e. The minimum Gasteiger partial charge on any atom is -0.196 e. The molecule has 0 saturated carbocycles. The molecule has 146 valence electrons. The normalized spacial score (nSPS) is 13.7. The summed E-state index contributed by atoms with van der Waals surface area (Å²) in [5, 5.41) is 0. The third kappa shape index (κ3) is 3.64. The molecule has 0 atom stereocenters. The van der Waals surface area contributed by atoms with E-state index in [4.69, 9.17) is 0 Å². The number of hydrogen-bond acceptors (Lipinski definition) is 2. The molecule has 1 aliphatic heterocycles. The molecule has 0 saturated heterocycles. The van der Waals surface area contributed by atoms with E-state index >= 15 is 0 Å². The van der Waals surface area contributed by atoms with Gasteiger partial charge in [0.2, 0.25) is 0 Å². The van der Waals surface area contributed by atoms with Crippen LogP contribution in [0.2, 0.25) is 0 Å². The van der Waals surface area contributed by atoms with Crippen LogP contribution in [0.1, 0.15) is 52.7 Å². The van der Waals surface area contributed by atoms with Crippen LogP contribution < -0.4 is 9.15 Å². The fourth-order valence-electron chi connectivity index (χ4n) is 3.42. The lowest BCUT2D eigenvalue weighted by atomic mass is 9.87. The van der Waals surface area contributed by atoms with E-state index in [1.807, 2.05) is 9.15 Å². The summed E-state index contributed by atoms with van der Waals surface area (Å²) in [4.78, 5) is 9.23. The Kier molecular flexibility index (Phi) is 4.48. The summed E-state index contributed by atoms with van der Waals surface area (Å²) in [7, 11) is 0. The molecule has 2 heterocycles. The summed E-state index contributed by atoms with van der Waals surface area (Å²) in [6, 6.07) is 20.6. The second kappa shape index (κ2) is 6.75. The first-order chi connectivity index (χ1) is 13.6. The van der Waals surface area contributed by atoms with Crippen LogP contribution in [-0.2, 0) is 10.8 Å². The predicted molar refractivity (Wildman–Crippen MR) is 120 cm³/mol. The van der Waals surface area contributed by atoms with Crippen LogP contribution in [0.3, 0.4) is 0 Å². The summed E-state index contributed by atoms with van der Waals surface area (Å²) in [6.07, 6.45) is 3.46. The molecule has 0 radical (unpaired) electrons. The number of fused-ring (bicyclic) bond motifs is 1. The molecule has 0 bridgehead atoms. The fraction of sp³-hybridized carbons (Fsp3) is 0.320. The van der Waals surface area contributed by atoms with Gasteiger partial charge in [-0.1, -0.05) is 75.0 Å². The maximum absolute atomic E-state index is 4.62. The van der Waals surface area contributed by atoms with Crippen LogP contribution in [-0.4, -0.2) is 16.0 Å². The van der Waals surface area contributed by atoms with Gasteiger partial charge in [0.05, 0.1) is 6.20 Å². The Hall–Kier alpha value is -3.10. The van der Waals surface area contributed by atoms with Gasteiger partial charge in [-0.2, -0.15) is 4.98 Å². The van der Waals surface area contributed by atoms with Gasteiger partial charge in [-0.25, -0.2) is 0 Å². The average Bonchev–Trinajstić information content (AvgIpc) is 3.07. The van der Waals surface area contributed by atoms with Crippen LogP contribution in [0, 0.1) is 0 Å². The van der Waals surface area contributed by atoms with Crippen molar-refractivity contribution >= 4 is 29.0 Å². The standard InChI is InChI=1S/C25H28N4/c1-24(2,3)18-9-7-11-20(15-18)28-17-29(23-22(28)26-13-14-27-23)21-12-8-10-19(16-21)25(4,5)6/h7-16H,1-6H3/q+2. The first kappa shape index (κ1) is 19.2. The zero-order valence-electron chi connectivity index (χ0n) is 18.1. The number of nitrogens with zero attached hydrogens (tertiary/aromatic N) is 4. The van der Waals surface area contributed by atoms with Gasteiger partial charge in [0.25, 0.3) is 0 Å². The van der Waals surface area contributed by atoms with E-state index in [0.29, 0.717) is 0 Å². The van der Waals surface area contributed by atoms with Crippen LogP contribution in [0.5, 0.6) is 0 Å². The lowest BCUT2D eigenvalue weighted by Crippen LogP contribution is -2.12. The number of rotatable bonds is 2.